The predicted molar refractivity (Wildman–Crippen MR) is 71.9 cm³/mol. The summed E-state index contributed by atoms with van der Waals surface area (Å²) in [5, 5.41) is 18.7. The molecule has 104 valence electrons. The van der Waals surface area contributed by atoms with Crippen molar-refractivity contribution in [1.82, 2.24) is 0 Å². The maximum absolute atomic E-state index is 11.8. The van der Waals surface area contributed by atoms with Crippen LogP contribution in [0.2, 0.25) is 0 Å². The van der Waals surface area contributed by atoms with E-state index in [4.69, 9.17) is 14.6 Å². The Labute approximate surface area is 116 Å². The third-order valence-corrected chi connectivity index (χ3v) is 2.75. The lowest BCUT2D eigenvalue weighted by Crippen LogP contribution is -2.06. The van der Waals surface area contributed by atoms with Crippen LogP contribution in [0.3, 0.4) is 0 Å². The first-order valence-corrected chi connectivity index (χ1v) is 5.93. The smallest absolute Gasteiger partial charge is 0.342 e. The number of hydrogen-bond donors (Lipinski definition) is 2. The molecule has 0 atom stereocenters. The Morgan fingerprint density at radius 3 is 2.60 bits per heavy atom. The van der Waals surface area contributed by atoms with Crippen LogP contribution in [-0.2, 0) is 11.3 Å². The van der Waals surface area contributed by atoms with Gasteiger partial charge in [-0.3, -0.25) is 0 Å². The highest BCUT2D eigenvalue weighted by Gasteiger charge is 2.14. The minimum atomic E-state index is -0.673. The van der Waals surface area contributed by atoms with Gasteiger partial charge in [-0.1, -0.05) is 18.2 Å². The highest BCUT2D eigenvalue weighted by Crippen LogP contribution is 2.24. The lowest BCUT2D eigenvalue weighted by atomic mass is 10.2. The molecule has 0 amide bonds. The van der Waals surface area contributed by atoms with E-state index < -0.39 is 5.97 Å². The molecular weight excluding hydrogens is 260 g/mol. The highest BCUT2D eigenvalue weighted by molar-refractivity contribution is 5.92. The van der Waals surface area contributed by atoms with Gasteiger partial charge in [0, 0.05) is 11.6 Å². The molecule has 0 aliphatic carbocycles. The molecule has 0 saturated heterocycles. The number of benzene rings is 2. The molecule has 0 spiro atoms. The van der Waals surface area contributed by atoms with Crippen molar-refractivity contribution in [3.8, 4) is 17.2 Å². The summed E-state index contributed by atoms with van der Waals surface area (Å²) in [5.74, 6) is -0.498. The molecule has 0 fully saturated rings. The Morgan fingerprint density at radius 2 is 1.90 bits per heavy atom. The van der Waals surface area contributed by atoms with Crippen LogP contribution in [0.25, 0.3) is 0 Å². The molecule has 20 heavy (non-hydrogen) atoms. The Hall–Kier alpha value is -2.69. The zero-order valence-corrected chi connectivity index (χ0v) is 10.9. The number of phenols is 2. The van der Waals surface area contributed by atoms with Gasteiger partial charge in [-0.2, -0.15) is 0 Å². The van der Waals surface area contributed by atoms with E-state index in [9.17, 15) is 9.90 Å². The SMILES string of the molecule is COc1ccccc1COC(=O)c1ccc(O)cc1O. The summed E-state index contributed by atoms with van der Waals surface area (Å²) in [6.07, 6.45) is 0. The fraction of sp³-hybridized carbons (Fsp3) is 0.133. The lowest BCUT2D eigenvalue weighted by molar-refractivity contribution is 0.0467. The number of esters is 1. The van der Waals surface area contributed by atoms with Crippen molar-refractivity contribution < 1.29 is 24.5 Å². The highest BCUT2D eigenvalue weighted by atomic mass is 16.5. The van der Waals surface area contributed by atoms with Crippen molar-refractivity contribution in [2.45, 2.75) is 6.61 Å². The van der Waals surface area contributed by atoms with Gasteiger partial charge in [0.2, 0.25) is 0 Å². The maximum atomic E-state index is 11.8. The quantitative estimate of drug-likeness (QED) is 0.837. The standard InChI is InChI=1S/C15H14O5/c1-19-14-5-3-2-4-10(14)9-20-15(18)12-7-6-11(16)8-13(12)17/h2-8,16-17H,9H2,1H3. The van der Waals surface area contributed by atoms with E-state index >= 15 is 0 Å². The van der Waals surface area contributed by atoms with E-state index in [0.717, 1.165) is 11.6 Å². The van der Waals surface area contributed by atoms with Gasteiger partial charge in [-0.25, -0.2) is 4.79 Å². The zero-order chi connectivity index (χ0) is 14.5. The lowest BCUT2D eigenvalue weighted by Gasteiger charge is -2.09. The number of hydrogen-bond acceptors (Lipinski definition) is 5. The molecule has 0 aliphatic heterocycles. The summed E-state index contributed by atoms with van der Waals surface area (Å²) in [7, 11) is 1.53. The van der Waals surface area contributed by atoms with Gasteiger partial charge < -0.3 is 19.7 Å². The van der Waals surface area contributed by atoms with Crippen LogP contribution < -0.4 is 4.74 Å². The molecule has 0 radical (unpaired) electrons. The molecule has 5 nitrogen and oxygen atoms in total. The average molecular weight is 274 g/mol. The second-order valence-electron chi connectivity index (χ2n) is 4.09. The van der Waals surface area contributed by atoms with Crippen molar-refractivity contribution >= 4 is 5.97 Å². The number of aromatic hydroxyl groups is 2. The van der Waals surface area contributed by atoms with E-state index in [2.05, 4.69) is 0 Å². The van der Waals surface area contributed by atoms with Crippen molar-refractivity contribution in [2.24, 2.45) is 0 Å². The number of rotatable bonds is 4. The maximum Gasteiger partial charge on any atom is 0.342 e. The van der Waals surface area contributed by atoms with Gasteiger partial charge >= 0.3 is 5.97 Å². The fourth-order valence-electron chi connectivity index (χ4n) is 1.74. The Bertz CT molecular complexity index is 621. The predicted octanol–water partition coefficient (Wildman–Crippen LogP) is 2.46. The summed E-state index contributed by atoms with van der Waals surface area (Å²) in [5.41, 5.74) is 0.722. The van der Waals surface area contributed by atoms with E-state index in [1.54, 1.807) is 12.1 Å². The molecule has 0 aliphatic rings. The van der Waals surface area contributed by atoms with Crippen LogP contribution in [0.5, 0.6) is 17.2 Å². The van der Waals surface area contributed by atoms with Gasteiger partial charge in [0.25, 0.3) is 0 Å². The normalized spacial score (nSPS) is 10.1. The van der Waals surface area contributed by atoms with Crippen LogP contribution >= 0.6 is 0 Å². The number of para-hydroxylation sites is 1. The molecule has 2 rings (SSSR count). The largest absolute Gasteiger partial charge is 0.508 e. The Morgan fingerprint density at radius 1 is 1.15 bits per heavy atom. The summed E-state index contributed by atoms with van der Waals surface area (Å²) >= 11 is 0. The number of carbonyl (C=O) groups excluding carboxylic acids is 1. The molecule has 0 heterocycles. The first kappa shape index (κ1) is 13.7. The molecular formula is C15H14O5. The molecule has 0 bridgehead atoms. The Kier molecular flexibility index (Phi) is 4.10. The van der Waals surface area contributed by atoms with Crippen LogP contribution in [0.15, 0.2) is 42.5 Å². The summed E-state index contributed by atoms with van der Waals surface area (Å²) in [6, 6.07) is 10.9. The van der Waals surface area contributed by atoms with E-state index in [1.807, 2.05) is 12.1 Å². The molecule has 2 aromatic rings. The molecule has 5 heteroatoms. The molecule has 0 unspecified atom stereocenters. The second kappa shape index (κ2) is 5.97. The number of methoxy groups -OCH3 is 1. The van der Waals surface area contributed by atoms with Gasteiger partial charge in [0.1, 0.15) is 29.4 Å². The van der Waals surface area contributed by atoms with Gasteiger partial charge in [-0.05, 0) is 18.2 Å². The van der Waals surface area contributed by atoms with Crippen LogP contribution in [0, 0.1) is 0 Å². The van der Waals surface area contributed by atoms with Crippen molar-refractivity contribution in [3.63, 3.8) is 0 Å². The molecule has 2 N–H and O–H groups in total. The molecule has 0 saturated carbocycles. The fourth-order valence-corrected chi connectivity index (χ4v) is 1.74. The second-order valence-corrected chi connectivity index (χ2v) is 4.09. The minimum Gasteiger partial charge on any atom is -0.508 e. The van der Waals surface area contributed by atoms with Gasteiger partial charge in [0.15, 0.2) is 0 Å². The van der Waals surface area contributed by atoms with Crippen LogP contribution in [0.1, 0.15) is 15.9 Å². The summed E-state index contributed by atoms with van der Waals surface area (Å²) in [4.78, 5) is 11.8. The zero-order valence-electron chi connectivity index (χ0n) is 10.9. The third-order valence-electron chi connectivity index (χ3n) is 2.75. The number of carbonyl (C=O) groups is 1. The molecule has 2 aromatic carbocycles. The van der Waals surface area contributed by atoms with Crippen molar-refractivity contribution in [2.75, 3.05) is 7.11 Å². The molecule has 0 aromatic heterocycles. The average Bonchev–Trinajstić information content (AvgIpc) is 2.45. The number of phenolic OH excluding ortho intramolecular Hbond substituents is 2. The van der Waals surface area contributed by atoms with E-state index in [-0.39, 0.29) is 23.7 Å². The minimum absolute atomic E-state index is 0.00213. The third kappa shape index (κ3) is 3.00. The van der Waals surface area contributed by atoms with Crippen molar-refractivity contribution in [3.05, 3.63) is 53.6 Å². The first-order chi connectivity index (χ1) is 9.61. The Balaban J connectivity index is 2.09. The summed E-state index contributed by atoms with van der Waals surface area (Å²) < 4.78 is 10.3. The van der Waals surface area contributed by atoms with Crippen LogP contribution in [0.4, 0.5) is 0 Å². The van der Waals surface area contributed by atoms with E-state index in [0.29, 0.717) is 5.75 Å². The van der Waals surface area contributed by atoms with Gasteiger partial charge in [-0.15, -0.1) is 0 Å². The van der Waals surface area contributed by atoms with Crippen molar-refractivity contribution in [1.29, 1.82) is 0 Å². The first-order valence-electron chi connectivity index (χ1n) is 5.93. The van der Waals surface area contributed by atoms with E-state index in [1.165, 1.54) is 19.2 Å². The summed E-state index contributed by atoms with van der Waals surface area (Å²) in [6.45, 7) is 0.0309. The monoisotopic (exact) mass is 274 g/mol. The van der Waals surface area contributed by atoms with Gasteiger partial charge in [0.05, 0.1) is 7.11 Å². The number of ether oxygens (including phenoxy) is 2. The van der Waals surface area contributed by atoms with Crippen LogP contribution in [-0.4, -0.2) is 23.3 Å². The topological polar surface area (TPSA) is 76.0 Å².